The van der Waals surface area contributed by atoms with Crippen LogP contribution < -0.4 is 10.2 Å². The van der Waals surface area contributed by atoms with Gasteiger partial charge in [0.05, 0.1) is 5.69 Å². The highest BCUT2D eigenvalue weighted by atomic mass is 35.5. The van der Waals surface area contributed by atoms with Gasteiger partial charge in [0.2, 0.25) is 0 Å². The quantitative estimate of drug-likeness (QED) is 0.927. The molecule has 0 saturated carbocycles. The van der Waals surface area contributed by atoms with E-state index in [0.29, 0.717) is 17.5 Å². The number of piperidine rings is 1. The van der Waals surface area contributed by atoms with E-state index in [1.54, 1.807) is 9.58 Å². The molecule has 1 aromatic heterocycles. The van der Waals surface area contributed by atoms with Gasteiger partial charge in [0.1, 0.15) is 6.04 Å². The Morgan fingerprint density at radius 2 is 2.04 bits per heavy atom. The second kappa shape index (κ2) is 6.53. The molecular weight excluding hydrogens is 326 g/mol. The van der Waals surface area contributed by atoms with Crippen LogP contribution in [0.5, 0.6) is 0 Å². The largest absolute Gasteiger partial charge is 0.317 e. The molecule has 2 aliphatic rings. The van der Waals surface area contributed by atoms with E-state index in [4.69, 9.17) is 11.6 Å². The van der Waals surface area contributed by atoms with Crippen LogP contribution in [0.15, 0.2) is 30.5 Å². The third-order valence-electron chi connectivity index (χ3n) is 4.90. The lowest BCUT2D eigenvalue weighted by Crippen LogP contribution is -2.28. The van der Waals surface area contributed by atoms with Crippen LogP contribution in [0.2, 0.25) is 5.02 Å². The Morgan fingerprint density at radius 3 is 2.83 bits per heavy atom. The predicted octanol–water partition coefficient (Wildman–Crippen LogP) is 2.38. The minimum absolute atomic E-state index is 0.0547. The van der Waals surface area contributed by atoms with Crippen molar-refractivity contribution >= 4 is 23.2 Å². The van der Waals surface area contributed by atoms with Gasteiger partial charge in [0, 0.05) is 29.4 Å². The van der Waals surface area contributed by atoms with Crippen molar-refractivity contribution < 1.29 is 4.79 Å². The van der Waals surface area contributed by atoms with Crippen molar-refractivity contribution in [2.75, 3.05) is 24.5 Å². The molecule has 126 valence electrons. The maximum Gasteiger partial charge on any atom is 0.251 e. The molecule has 2 aliphatic heterocycles. The van der Waals surface area contributed by atoms with E-state index in [-0.39, 0.29) is 11.9 Å². The summed E-state index contributed by atoms with van der Waals surface area (Å²) in [7, 11) is 0. The van der Waals surface area contributed by atoms with Crippen LogP contribution in [0.3, 0.4) is 0 Å². The fourth-order valence-electron chi connectivity index (χ4n) is 3.56. The zero-order valence-corrected chi connectivity index (χ0v) is 14.1. The molecule has 3 heterocycles. The monoisotopic (exact) mass is 345 g/mol. The zero-order valence-electron chi connectivity index (χ0n) is 13.4. The van der Waals surface area contributed by atoms with Gasteiger partial charge >= 0.3 is 0 Å². The molecule has 7 heteroatoms. The van der Waals surface area contributed by atoms with Gasteiger partial charge in [-0.2, -0.15) is 0 Å². The van der Waals surface area contributed by atoms with Crippen molar-refractivity contribution in [2.24, 2.45) is 0 Å². The summed E-state index contributed by atoms with van der Waals surface area (Å²) in [6, 6.07) is 7.14. The molecule has 2 saturated heterocycles. The summed E-state index contributed by atoms with van der Waals surface area (Å²) in [6.07, 6.45) is 4.85. The van der Waals surface area contributed by atoms with E-state index in [0.717, 1.165) is 43.7 Å². The molecule has 1 amide bonds. The van der Waals surface area contributed by atoms with Gasteiger partial charge in [-0.1, -0.05) is 22.9 Å². The lowest BCUT2D eigenvalue weighted by atomic mass is 9.95. The smallest absolute Gasteiger partial charge is 0.251 e. The second-order valence-electron chi connectivity index (χ2n) is 6.42. The first-order valence-electron chi connectivity index (χ1n) is 8.42. The summed E-state index contributed by atoms with van der Waals surface area (Å²) in [5, 5.41) is 12.6. The third-order valence-corrected chi connectivity index (χ3v) is 5.14. The Bertz CT molecular complexity index is 740. The number of amides is 1. The van der Waals surface area contributed by atoms with Gasteiger partial charge in [0.25, 0.3) is 5.91 Å². The Hall–Kier alpha value is -1.92. The number of hydrogen-bond donors (Lipinski definition) is 1. The van der Waals surface area contributed by atoms with Crippen LogP contribution in [0.25, 0.3) is 0 Å². The molecule has 24 heavy (non-hydrogen) atoms. The topological polar surface area (TPSA) is 63.1 Å². The van der Waals surface area contributed by atoms with Crippen molar-refractivity contribution in [1.82, 2.24) is 20.3 Å². The van der Waals surface area contributed by atoms with Gasteiger partial charge in [-0.25, -0.2) is 4.68 Å². The van der Waals surface area contributed by atoms with Gasteiger partial charge < -0.3 is 10.2 Å². The summed E-state index contributed by atoms with van der Waals surface area (Å²) in [6.45, 7) is 2.71. The number of anilines is 1. The average molecular weight is 346 g/mol. The Morgan fingerprint density at radius 1 is 1.21 bits per heavy atom. The first-order chi connectivity index (χ1) is 11.7. The Labute approximate surface area is 145 Å². The maximum atomic E-state index is 12.8. The highest BCUT2D eigenvalue weighted by molar-refractivity contribution is 6.30. The summed E-state index contributed by atoms with van der Waals surface area (Å²) >= 11 is 6.04. The number of hydrogen-bond acceptors (Lipinski definition) is 4. The molecule has 1 aromatic carbocycles. The molecular formula is C17H20ClN5O. The molecule has 4 rings (SSSR count). The van der Waals surface area contributed by atoms with Crippen LogP contribution in [0, 0.1) is 0 Å². The van der Waals surface area contributed by atoms with Crippen molar-refractivity contribution in [1.29, 1.82) is 0 Å². The minimum atomic E-state index is -0.271. The SMILES string of the molecule is O=C1C(n2cc(C3CCNCC3)nn2)CCN1c1cccc(Cl)c1. The number of benzene rings is 1. The fraction of sp³-hybridized carbons (Fsp3) is 0.471. The number of aromatic nitrogens is 3. The number of nitrogens with one attached hydrogen (secondary N) is 1. The number of halogens is 1. The lowest BCUT2D eigenvalue weighted by molar-refractivity contribution is -0.120. The molecule has 0 aliphatic carbocycles. The van der Waals surface area contributed by atoms with Crippen LogP contribution in [0.1, 0.15) is 36.9 Å². The lowest BCUT2D eigenvalue weighted by Gasteiger charge is -2.20. The molecule has 2 fully saturated rings. The average Bonchev–Trinajstić information content (AvgIpc) is 3.22. The van der Waals surface area contributed by atoms with Crippen molar-refractivity contribution in [2.45, 2.75) is 31.2 Å². The van der Waals surface area contributed by atoms with Gasteiger partial charge in [-0.05, 0) is 50.6 Å². The minimum Gasteiger partial charge on any atom is -0.317 e. The van der Waals surface area contributed by atoms with E-state index in [2.05, 4.69) is 15.6 Å². The normalized spacial score (nSPS) is 22.3. The van der Waals surface area contributed by atoms with Crippen LogP contribution in [-0.4, -0.2) is 40.5 Å². The molecule has 1 unspecified atom stereocenters. The van der Waals surface area contributed by atoms with E-state index < -0.39 is 0 Å². The summed E-state index contributed by atoms with van der Waals surface area (Å²) < 4.78 is 1.74. The van der Waals surface area contributed by atoms with E-state index >= 15 is 0 Å². The summed E-state index contributed by atoms with van der Waals surface area (Å²) in [5.41, 5.74) is 1.85. The molecule has 6 nitrogen and oxygen atoms in total. The molecule has 2 aromatic rings. The number of carbonyl (C=O) groups excluding carboxylic acids is 1. The van der Waals surface area contributed by atoms with E-state index in [1.165, 1.54) is 0 Å². The number of rotatable bonds is 3. The molecule has 1 atom stereocenters. The Kier molecular flexibility index (Phi) is 4.24. The first kappa shape index (κ1) is 15.6. The summed E-state index contributed by atoms with van der Waals surface area (Å²) in [4.78, 5) is 14.6. The van der Waals surface area contributed by atoms with Crippen molar-refractivity contribution in [3.8, 4) is 0 Å². The Balaban J connectivity index is 1.51. The van der Waals surface area contributed by atoms with Gasteiger partial charge in [0.15, 0.2) is 0 Å². The molecule has 0 spiro atoms. The van der Waals surface area contributed by atoms with Gasteiger partial charge in [-0.3, -0.25) is 4.79 Å². The maximum absolute atomic E-state index is 12.8. The second-order valence-corrected chi connectivity index (χ2v) is 6.86. The van der Waals surface area contributed by atoms with Crippen LogP contribution in [-0.2, 0) is 4.79 Å². The molecule has 0 bridgehead atoms. The molecule has 0 radical (unpaired) electrons. The van der Waals surface area contributed by atoms with Gasteiger partial charge in [-0.15, -0.1) is 5.10 Å². The zero-order chi connectivity index (χ0) is 16.5. The number of nitrogens with zero attached hydrogens (tertiary/aromatic N) is 4. The van der Waals surface area contributed by atoms with E-state index in [9.17, 15) is 4.79 Å². The summed E-state index contributed by atoms with van der Waals surface area (Å²) in [5.74, 6) is 0.500. The standard InChI is InChI=1S/C17H20ClN5O/c18-13-2-1-3-14(10-13)22-9-6-16(17(22)24)23-11-15(20-21-23)12-4-7-19-8-5-12/h1-3,10-12,16,19H,4-9H2. The fourth-order valence-corrected chi connectivity index (χ4v) is 3.74. The van der Waals surface area contributed by atoms with Crippen LogP contribution in [0.4, 0.5) is 5.69 Å². The van der Waals surface area contributed by atoms with Crippen molar-refractivity contribution in [3.63, 3.8) is 0 Å². The third kappa shape index (κ3) is 2.91. The number of carbonyl (C=O) groups is 1. The van der Waals surface area contributed by atoms with E-state index in [1.807, 2.05) is 30.5 Å². The molecule has 1 N–H and O–H groups in total. The highest BCUT2D eigenvalue weighted by Gasteiger charge is 2.35. The highest BCUT2D eigenvalue weighted by Crippen LogP contribution is 2.30. The van der Waals surface area contributed by atoms with Crippen LogP contribution >= 0.6 is 11.6 Å². The predicted molar refractivity (Wildman–Crippen MR) is 92.3 cm³/mol. The first-order valence-corrected chi connectivity index (χ1v) is 8.79. The van der Waals surface area contributed by atoms with Crippen molar-refractivity contribution in [3.05, 3.63) is 41.2 Å².